The first-order valence-corrected chi connectivity index (χ1v) is 22.0. The molecule has 62 heavy (non-hydrogen) atoms. The van der Waals surface area contributed by atoms with Gasteiger partial charge in [0.15, 0.2) is 0 Å². The number of rotatable bonds is 22. The third kappa shape index (κ3) is 11.6. The second kappa shape index (κ2) is 22.0. The van der Waals surface area contributed by atoms with E-state index in [9.17, 15) is 0 Å². The van der Waals surface area contributed by atoms with Crippen molar-refractivity contribution in [2.24, 2.45) is 0 Å². The van der Waals surface area contributed by atoms with Crippen LogP contribution >= 0.6 is 0 Å². The fourth-order valence-corrected chi connectivity index (χ4v) is 7.69. The molecule has 0 amide bonds. The van der Waals surface area contributed by atoms with E-state index in [1.165, 1.54) is 0 Å². The van der Waals surface area contributed by atoms with Gasteiger partial charge in [-0.05, 0) is 96.2 Å². The van der Waals surface area contributed by atoms with Gasteiger partial charge in [0.2, 0.25) is 0 Å². The molecule has 0 saturated heterocycles. The maximum Gasteiger partial charge on any atom is 0.119 e. The Bertz CT molecular complexity index is 2370. The molecule has 0 spiro atoms. The van der Waals surface area contributed by atoms with Crippen LogP contribution in [-0.2, 0) is 13.1 Å². The molecule has 8 aromatic rings. The summed E-state index contributed by atoms with van der Waals surface area (Å²) in [5, 5.41) is 18.0. The molecule has 2 heterocycles. The number of aromatic nitrogens is 6. The highest BCUT2D eigenvalue weighted by Crippen LogP contribution is 2.38. The molecule has 0 radical (unpaired) electrons. The highest BCUT2D eigenvalue weighted by Gasteiger charge is 2.17. The van der Waals surface area contributed by atoms with Crippen molar-refractivity contribution in [3.63, 3.8) is 0 Å². The summed E-state index contributed by atoms with van der Waals surface area (Å²) in [6.45, 7) is 3.17. The molecule has 0 aliphatic heterocycles. The molecule has 0 saturated carbocycles. The minimum absolute atomic E-state index is 0.744. The average Bonchev–Trinajstić information content (AvgIpc) is 4.02. The molecule has 8 nitrogen and oxygen atoms in total. The molecule has 6 aromatic carbocycles. The first-order valence-electron chi connectivity index (χ1n) is 22.0. The van der Waals surface area contributed by atoms with Gasteiger partial charge in [-0.2, -0.15) is 0 Å². The van der Waals surface area contributed by atoms with Crippen LogP contribution in [0.3, 0.4) is 0 Å². The Morgan fingerprint density at radius 3 is 1.08 bits per heavy atom. The molecule has 0 atom stereocenters. The lowest BCUT2D eigenvalue weighted by atomic mass is 9.85. The molecule has 2 aromatic heterocycles. The molecule has 0 fully saturated rings. The fraction of sp³-hybridized carbons (Fsp3) is 0.222. The maximum atomic E-state index is 5.84. The van der Waals surface area contributed by atoms with E-state index in [-0.39, 0.29) is 0 Å². The topological polar surface area (TPSA) is 79.9 Å². The van der Waals surface area contributed by atoms with Crippen molar-refractivity contribution in [1.29, 1.82) is 0 Å². The zero-order valence-corrected chi connectivity index (χ0v) is 35.3. The molecule has 0 N–H and O–H groups in total. The minimum Gasteiger partial charge on any atom is -0.494 e. The Morgan fingerprint density at radius 2 is 0.694 bits per heavy atom. The van der Waals surface area contributed by atoms with E-state index >= 15 is 0 Å². The van der Waals surface area contributed by atoms with Gasteiger partial charge in [-0.15, -0.1) is 10.2 Å². The molecule has 312 valence electrons. The predicted octanol–water partition coefficient (Wildman–Crippen LogP) is 12.5. The number of nitrogens with zero attached hydrogens (tertiary/aromatic N) is 6. The maximum absolute atomic E-state index is 5.84. The Kier molecular flexibility index (Phi) is 14.8. The van der Waals surface area contributed by atoms with E-state index in [0.717, 1.165) is 145 Å². The van der Waals surface area contributed by atoms with Crippen molar-refractivity contribution < 1.29 is 9.47 Å². The summed E-state index contributed by atoms with van der Waals surface area (Å²) in [4.78, 5) is 0. The lowest BCUT2D eigenvalue weighted by molar-refractivity contribution is 0.303. The van der Waals surface area contributed by atoms with Crippen LogP contribution in [0.25, 0.3) is 33.7 Å². The van der Waals surface area contributed by atoms with Crippen LogP contribution in [0.2, 0.25) is 0 Å². The van der Waals surface area contributed by atoms with Crippen LogP contribution in [0.4, 0.5) is 0 Å². The molecule has 8 heteroatoms. The van der Waals surface area contributed by atoms with Gasteiger partial charge in [-0.1, -0.05) is 169 Å². The molecule has 8 rings (SSSR count). The summed E-state index contributed by atoms with van der Waals surface area (Å²) in [5.74, 6) is 1.87. The van der Waals surface area contributed by atoms with Gasteiger partial charge >= 0.3 is 0 Å². The zero-order chi connectivity index (χ0) is 42.0. The average molecular weight is 819 g/mol. The summed E-state index contributed by atoms with van der Waals surface area (Å²) in [7, 11) is 0. The van der Waals surface area contributed by atoms with Crippen molar-refractivity contribution in [1.82, 2.24) is 30.0 Å². The van der Waals surface area contributed by atoms with Crippen LogP contribution in [-0.4, -0.2) is 43.2 Å². The second-order valence-corrected chi connectivity index (χ2v) is 15.5. The summed E-state index contributed by atoms with van der Waals surface area (Å²) in [6.07, 6.45) is 12.8. The van der Waals surface area contributed by atoms with Gasteiger partial charge in [0.25, 0.3) is 0 Å². The van der Waals surface area contributed by atoms with Gasteiger partial charge in [-0.25, -0.2) is 0 Å². The van der Waals surface area contributed by atoms with Gasteiger partial charge in [-0.3, -0.25) is 9.36 Å². The second-order valence-electron chi connectivity index (χ2n) is 15.5. The molecular formula is C54H54N6O2. The SMILES string of the molecule is c1ccc(OCCCCCCn2cc(-c3ccc(/C(=C(\c4ccccc4)c4ccc(-c5cn(CCCCCCOc6ccccc6)nn5)cc4)c4ccccc4)cc3)nn2)cc1. The van der Waals surface area contributed by atoms with E-state index in [0.29, 0.717) is 0 Å². The van der Waals surface area contributed by atoms with E-state index in [1.807, 2.05) is 70.0 Å². The lowest BCUT2D eigenvalue weighted by Crippen LogP contribution is -2.00. The van der Waals surface area contributed by atoms with Gasteiger partial charge in [0.1, 0.15) is 22.9 Å². The van der Waals surface area contributed by atoms with Crippen molar-refractivity contribution in [2.45, 2.75) is 64.5 Å². The van der Waals surface area contributed by atoms with E-state index in [1.54, 1.807) is 0 Å². The van der Waals surface area contributed by atoms with Crippen LogP contribution in [0.5, 0.6) is 11.5 Å². The first-order chi connectivity index (χ1) is 30.8. The van der Waals surface area contributed by atoms with Crippen LogP contribution in [0.1, 0.15) is 73.6 Å². The van der Waals surface area contributed by atoms with Crippen LogP contribution in [0.15, 0.2) is 182 Å². The number of para-hydroxylation sites is 2. The number of ether oxygens (including phenoxy) is 2. The van der Waals surface area contributed by atoms with Gasteiger partial charge in [0, 0.05) is 24.2 Å². The van der Waals surface area contributed by atoms with Gasteiger partial charge < -0.3 is 9.47 Å². The standard InChI is InChI=1S/C54H54N6O2/c1(3-19-39-61-49-25-13-7-14-26-49)17-37-59-41-51(55-57-59)43-29-33-47(34-30-43)53(45-21-9-5-10-22-45)54(46-23-11-6-12-24-46)48-35-31-44(32-36-48)52-42-60(58-56-52)38-18-2-4-20-40-62-50-27-15-8-16-28-50/h5-16,21-36,41-42H,1-4,17-20,37-40H2/b54-53+. The Hall–Kier alpha value is -7.06. The number of aryl methyl sites for hydroxylation is 2. The number of hydrogen-bond acceptors (Lipinski definition) is 6. The molecule has 0 unspecified atom stereocenters. The number of hydrogen-bond donors (Lipinski definition) is 0. The van der Waals surface area contributed by atoms with Crippen LogP contribution < -0.4 is 9.47 Å². The highest BCUT2D eigenvalue weighted by molar-refractivity contribution is 6.04. The monoisotopic (exact) mass is 818 g/mol. The quantitative estimate of drug-likeness (QED) is 0.0500. The molecule has 0 aliphatic carbocycles. The van der Waals surface area contributed by atoms with E-state index < -0.39 is 0 Å². The Morgan fingerprint density at radius 1 is 0.355 bits per heavy atom. The molecular weight excluding hydrogens is 765 g/mol. The molecule has 0 aliphatic rings. The smallest absolute Gasteiger partial charge is 0.119 e. The first kappa shape index (κ1) is 41.7. The largest absolute Gasteiger partial charge is 0.494 e. The van der Waals surface area contributed by atoms with Crippen molar-refractivity contribution in [2.75, 3.05) is 13.2 Å². The predicted molar refractivity (Wildman–Crippen MR) is 250 cm³/mol. The minimum atomic E-state index is 0.744. The zero-order valence-electron chi connectivity index (χ0n) is 35.3. The summed E-state index contributed by atoms with van der Waals surface area (Å²) >= 11 is 0. The van der Waals surface area contributed by atoms with Gasteiger partial charge in [0.05, 0.1) is 25.6 Å². The Labute approximate surface area is 365 Å². The third-order valence-corrected chi connectivity index (χ3v) is 11.0. The van der Waals surface area contributed by atoms with Crippen molar-refractivity contribution in [3.8, 4) is 34.0 Å². The number of unbranched alkanes of at least 4 members (excludes halogenated alkanes) is 6. The number of benzene rings is 6. The molecule has 0 bridgehead atoms. The Balaban J connectivity index is 0.930. The third-order valence-electron chi connectivity index (χ3n) is 11.0. The summed E-state index contributed by atoms with van der Waals surface area (Å²) in [5.41, 5.74) is 10.7. The van der Waals surface area contributed by atoms with Crippen molar-refractivity contribution >= 4 is 11.1 Å². The normalized spacial score (nSPS) is 11.6. The summed E-state index contributed by atoms with van der Waals surface area (Å²) in [6, 6.07) is 58.9. The summed E-state index contributed by atoms with van der Waals surface area (Å²) < 4.78 is 15.6. The van der Waals surface area contributed by atoms with Crippen LogP contribution in [0, 0.1) is 0 Å². The van der Waals surface area contributed by atoms with Crippen molar-refractivity contribution in [3.05, 3.63) is 205 Å². The fourth-order valence-electron chi connectivity index (χ4n) is 7.69. The highest BCUT2D eigenvalue weighted by atomic mass is 16.5. The lowest BCUT2D eigenvalue weighted by Gasteiger charge is -2.18. The van der Waals surface area contributed by atoms with E-state index in [2.05, 4.69) is 142 Å². The van der Waals surface area contributed by atoms with E-state index in [4.69, 9.17) is 9.47 Å².